The van der Waals surface area contributed by atoms with Crippen LogP contribution in [0.2, 0.25) is 0 Å². The Labute approximate surface area is 126 Å². The fraction of sp³-hybridized carbons (Fsp3) is 0.588. The van der Waals surface area contributed by atoms with E-state index in [0.717, 1.165) is 6.42 Å². The monoisotopic (exact) mass is 292 g/mol. The molecule has 1 saturated heterocycles. The summed E-state index contributed by atoms with van der Waals surface area (Å²) in [5.41, 5.74) is 6.01. The van der Waals surface area contributed by atoms with Crippen LogP contribution in [0.5, 0.6) is 0 Å². The molecule has 0 aromatic heterocycles. The molecule has 116 valence electrons. The summed E-state index contributed by atoms with van der Waals surface area (Å²) in [6, 6.07) is 6.41. The van der Waals surface area contributed by atoms with Crippen LogP contribution in [0.3, 0.4) is 0 Å². The van der Waals surface area contributed by atoms with Crippen molar-refractivity contribution in [1.82, 2.24) is 4.90 Å². The van der Waals surface area contributed by atoms with E-state index in [1.807, 2.05) is 24.8 Å². The topological polar surface area (TPSA) is 46.3 Å². The quantitative estimate of drug-likeness (QED) is 0.911. The molecule has 0 radical (unpaired) electrons. The van der Waals surface area contributed by atoms with Crippen LogP contribution in [0.25, 0.3) is 0 Å². The summed E-state index contributed by atoms with van der Waals surface area (Å²) >= 11 is 0. The number of nitrogens with two attached hydrogens (primary N) is 1. The highest BCUT2D eigenvalue weighted by Gasteiger charge is 2.40. The molecule has 1 atom stereocenters. The molecule has 0 saturated carbocycles. The predicted molar refractivity (Wildman–Crippen MR) is 82.4 cm³/mol. The maximum atomic E-state index is 13.4. The second kappa shape index (κ2) is 5.41. The van der Waals surface area contributed by atoms with Gasteiger partial charge in [0.2, 0.25) is 5.91 Å². The standard InChI is InChI=1S/C17H25FN2O/c1-16(2)11-20(9-8-14(16)19)15(21)17(3,4)12-6-5-7-13(18)10-12/h5-7,10,14H,8-9,11,19H2,1-4H3. The number of benzene rings is 1. The molecule has 1 fully saturated rings. The van der Waals surface area contributed by atoms with Gasteiger partial charge in [-0.15, -0.1) is 0 Å². The van der Waals surface area contributed by atoms with Gasteiger partial charge < -0.3 is 10.6 Å². The first-order valence-corrected chi connectivity index (χ1v) is 7.45. The second-order valence-electron chi connectivity index (χ2n) is 7.25. The third-order valence-corrected chi connectivity index (χ3v) is 4.68. The second-order valence-corrected chi connectivity index (χ2v) is 7.25. The Hall–Kier alpha value is -1.42. The third kappa shape index (κ3) is 3.10. The van der Waals surface area contributed by atoms with Gasteiger partial charge in [0, 0.05) is 19.1 Å². The number of hydrogen-bond acceptors (Lipinski definition) is 2. The molecule has 1 aliphatic rings. The summed E-state index contributed by atoms with van der Waals surface area (Å²) in [6.45, 7) is 9.20. The Morgan fingerprint density at radius 2 is 2.10 bits per heavy atom. The lowest BCUT2D eigenvalue weighted by Gasteiger charge is -2.45. The van der Waals surface area contributed by atoms with Crippen molar-refractivity contribution in [1.29, 1.82) is 0 Å². The van der Waals surface area contributed by atoms with E-state index < -0.39 is 5.41 Å². The van der Waals surface area contributed by atoms with Gasteiger partial charge in [-0.25, -0.2) is 4.39 Å². The molecule has 1 unspecified atom stereocenters. The third-order valence-electron chi connectivity index (χ3n) is 4.68. The van der Waals surface area contributed by atoms with E-state index in [0.29, 0.717) is 18.7 Å². The number of piperidine rings is 1. The van der Waals surface area contributed by atoms with Crippen molar-refractivity contribution in [2.24, 2.45) is 11.1 Å². The SMILES string of the molecule is CC(C)(C(=O)N1CCC(N)C(C)(C)C1)c1cccc(F)c1. The van der Waals surface area contributed by atoms with Gasteiger partial charge in [-0.05, 0) is 43.4 Å². The minimum atomic E-state index is -0.736. The van der Waals surface area contributed by atoms with Crippen molar-refractivity contribution < 1.29 is 9.18 Å². The van der Waals surface area contributed by atoms with Gasteiger partial charge in [-0.2, -0.15) is 0 Å². The Balaban J connectivity index is 2.23. The van der Waals surface area contributed by atoms with Crippen LogP contribution in [0.4, 0.5) is 4.39 Å². The molecular weight excluding hydrogens is 267 g/mol. The lowest BCUT2D eigenvalue weighted by atomic mass is 9.77. The smallest absolute Gasteiger partial charge is 0.232 e. The number of rotatable bonds is 2. The summed E-state index contributed by atoms with van der Waals surface area (Å²) in [6.07, 6.45) is 0.804. The zero-order valence-electron chi connectivity index (χ0n) is 13.3. The number of halogens is 1. The van der Waals surface area contributed by atoms with Crippen LogP contribution >= 0.6 is 0 Å². The van der Waals surface area contributed by atoms with Gasteiger partial charge in [0.15, 0.2) is 0 Å². The highest BCUT2D eigenvalue weighted by Crippen LogP contribution is 2.32. The van der Waals surface area contributed by atoms with E-state index >= 15 is 0 Å². The molecule has 0 spiro atoms. The van der Waals surface area contributed by atoms with Crippen LogP contribution in [-0.2, 0) is 10.2 Å². The molecule has 3 nitrogen and oxygen atoms in total. The van der Waals surface area contributed by atoms with Gasteiger partial charge in [-0.1, -0.05) is 26.0 Å². The molecular formula is C17H25FN2O. The van der Waals surface area contributed by atoms with Crippen LogP contribution < -0.4 is 5.73 Å². The average Bonchev–Trinajstić information content (AvgIpc) is 2.41. The lowest BCUT2D eigenvalue weighted by molar-refractivity contribution is -0.139. The average molecular weight is 292 g/mol. The molecule has 1 aliphatic heterocycles. The summed E-state index contributed by atoms with van der Waals surface area (Å²) in [7, 11) is 0. The molecule has 1 heterocycles. The molecule has 0 bridgehead atoms. The van der Waals surface area contributed by atoms with Gasteiger partial charge in [0.25, 0.3) is 0 Å². The largest absolute Gasteiger partial charge is 0.341 e. The summed E-state index contributed by atoms with van der Waals surface area (Å²) in [5, 5.41) is 0. The highest BCUT2D eigenvalue weighted by atomic mass is 19.1. The number of likely N-dealkylation sites (tertiary alicyclic amines) is 1. The maximum absolute atomic E-state index is 13.4. The fourth-order valence-electron chi connectivity index (χ4n) is 2.94. The van der Waals surface area contributed by atoms with Crippen molar-refractivity contribution >= 4 is 5.91 Å². The number of carbonyl (C=O) groups excluding carboxylic acids is 1. The van der Waals surface area contributed by atoms with E-state index in [4.69, 9.17) is 5.73 Å². The summed E-state index contributed by atoms with van der Waals surface area (Å²) < 4.78 is 13.4. The van der Waals surface area contributed by atoms with Gasteiger partial charge in [-0.3, -0.25) is 4.79 Å². The summed E-state index contributed by atoms with van der Waals surface area (Å²) in [4.78, 5) is 14.8. The zero-order valence-corrected chi connectivity index (χ0v) is 13.3. The van der Waals surface area contributed by atoms with Gasteiger partial charge in [0.05, 0.1) is 5.41 Å². The van der Waals surface area contributed by atoms with Crippen LogP contribution in [0.1, 0.15) is 39.7 Å². The maximum Gasteiger partial charge on any atom is 0.232 e. The minimum absolute atomic E-state index is 0.0353. The molecule has 1 amide bonds. The van der Waals surface area contributed by atoms with E-state index in [-0.39, 0.29) is 23.2 Å². The number of amides is 1. The van der Waals surface area contributed by atoms with Crippen LogP contribution in [-0.4, -0.2) is 29.9 Å². The zero-order chi connectivity index (χ0) is 15.8. The Kier molecular flexibility index (Phi) is 4.11. The number of nitrogens with zero attached hydrogens (tertiary/aromatic N) is 1. The number of hydrogen-bond donors (Lipinski definition) is 1. The van der Waals surface area contributed by atoms with Gasteiger partial charge in [0.1, 0.15) is 5.82 Å². The van der Waals surface area contributed by atoms with Crippen LogP contribution in [0.15, 0.2) is 24.3 Å². The van der Waals surface area contributed by atoms with Crippen molar-refractivity contribution in [3.05, 3.63) is 35.6 Å². The first-order valence-electron chi connectivity index (χ1n) is 7.45. The molecule has 1 aromatic rings. The molecule has 0 aliphatic carbocycles. The first kappa shape index (κ1) is 16.0. The molecule has 4 heteroatoms. The first-order chi connectivity index (χ1) is 9.64. The van der Waals surface area contributed by atoms with E-state index in [9.17, 15) is 9.18 Å². The van der Waals surface area contributed by atoms with Crippen molar-refractivity contribution in [3.8, 4) is 0 Å². The Morgan fingerprint density at radius 1 is 1.43 bits per heavy atom. The normalized spacial score (nSPS) is 22.2. The van der Waals surface area contributed by atoms with Gasteiger partial charge >= 0.3 is 0 Å². The fourth-order valence-corrected chi connectivity index (χ4v) is 2.94. The summed E-state index contributed by atoms with van der Waals surface area (Å²) in [5.74, 6) is -0.276. The van der Waals surface area contributed by atoms with E-state index in [1.165, 1.54) is 12.1 Å². The van der Waals surface area contributed by atoms with Crippen molar-refractivity contribution in [3.63, 3.8) is 0 Å². The van der Waals surface area contributed by atoms with E-state index in [1.54, 1.807) is 6.07 Å². The minimum Gasteiger partial charge on any atom is -0.341 e. The van der Waals surface area contributed by atoms with Crippen molar-refractivity contribution in [2.75, 3.05) is 13.1 Å². The molecule has 2 rings (SSSR count). The Bertz CT molecular complexity index is 539. The predicted octanol–water partition coefficient (Wildman–Crippen LogP) is 2.69. The lowest BCUT2D eigenvalue weighted by Crippen LogP contribution is -2.56. The number of carbonyl (C=O) groups is 1. The molecule has 1 aromatic carbocycles. The molecule has 21 heavy (non-hydrogen) atoms. The molecule has 2 N–H and O–H groups in total. The van der Waals surface area contributed by atoms with Crippen LogP contribution in [0, 0.1) is 11.2 Å². The van der Waals surface area contributed by atoms with Crippen molar-refractivity contribution in [2.45, 2.75) is 45.6 Å². The highest BCUT2D eigenvalue weighted by molar-refractivity contribution is 5.87. The Morgan fingerprint density at radius 3 is 2.67 bits per heavy atom. The van der Waals surface area contributed by atoms with E-state index in [2.05, 4.69) is 13.8 Å².